The van der Waals surface area contributed by atoms with Crippen molar-refractivity contribution < 1.29 is 14.7 Å². The normalized spacial score (nSPS) is 9.81. The van der Waals surface area contributed by atoms with Crippen molar-refractivity contribution in [3.8, 4) is 0 Å². The highest BCUT2D eigenvalue weighted by atomic mass is 32.1. The number of carbonyl (C=O) groups is 2. The molecule has 0 saturated carbocycles. The average molecular weight is 242 g/mol. The highest BCUT2D eigenvalue weighted by molar-refractivity contribution is 7.10. The smallest absolute Gasteiger partial charge is 0.315 e. The summed E-state index contributed by atoms with van der Waals surface area (Å²) in [7, 11) is 0. The summed E-state index contributed by atoms with van der Waals surface area (Å²) in [6, 6.07) is 1.66. The van der Waals surface area contributed by atoms with E-state index in [1.54, 1.807) is 11.3 Å². The van der Waals surface area contributed by atoms with Gasteiger partial charge in [0.15, 0.2) is 0 Å². The minimum absolute atomic E-state index is 0.0640. The zero-order valence-electron chi connectivity index (χ0n) is 8.95. The van der Waals surface area contributed by atoms with Gasteiger partial charge in [0.05, 0.1) is 13.0 Å². The molecule has 0 aromatic carbocycles. The van der Waals surface area contributed by atoms with E-state index in [-0.39, 0.29) is 19.0 Å². The van der Waals surface area contributed by atoms with Gasteiger partial charge in [-0.05, 0) is 23.9 Å². The summed E-state index contributed by atoms with van der Waals surface area (Å²) in [5.41, 5.74) is 1.17. The lowest BCUT2D eigenvalue weighted by molar-refractivity contribution is -0.136. The van der Waals surface area contributed by atoms with E-state index in [2.05, 4.69) is 10.6 Å². The third-order valence-electron chi connectivity index (χ3n) is 1.83. The molecule has 0 aliphatic heterocycles. The Morgan fingerprint density at radius 1 is 1.44 bits per heavy atom. The second kappa shape index (κ2) is 6.12. The van der Waals surface area contributed by atoms with E-state index in [0.717, 1.165) is 4.88 Å². The number of aryl methyl sites for hydroxylation is 1. The molecular formula is C10H14N2O3S. The standard InChI is InChI=1S/C10H14N2O3S/c1-7-4-8(16-6-7)5-12-10(15)11-3-2-9(13)14/h4,6H,2-3,5H2,1H3,(H,13,14)(H2,11,12,15). The SMILES string of the molecule is Cc1csc(CNC(=O)NCCC(=O)O)c1. The lowest BCUT2D eigenvalue weighted by Crippen LogP contribution is -2.36. The first-order valence-electron chi connectivity index (χ1n) is 4.85. The Morgan fingerprint density at radius 3 is 2.75 bits per heavy atom. The van der Waals surface area contributed by atoms with E-state index >= 15 is 0 Å². The Morgan fingerprint density at radius 2 is 2.19 bits per heavy atom. The first-order chi connectivity index (χ1) is 7.58. The number of carboxylic acids is 1. The van der Waals surface area contributed by atoms with Crippen LogP contribution in [0.15, 0.2) is 11.4 Å². The van der Waals surface area contributed by atoms with Crippen molar-refractivity contribution in [2.75, 3.05) is 6.54 Å². The molecule has 0 aliphatic rings. The number of hydrogen-bond acceptors (Lipinski definition) is 3. The molecule has 0 saturated heterocycles. The fraction of sp³-hybridized carbons (Fsp3) is 0.400. The quantitative estimate of drug-likeness (QED) is 0.729. The molecule has 2 amide bonds. The zero-order valence-corrected chi connectivity index (χ0v) is 9.76. The predicted octanol–water partition coefficient (Wildman–Crippen LogP) is 1.33. The molecule has 1 rings (SSSR count). The van der Waals surface area contributed by atoms with Gasteiger partial charge in [0.1, 0.15) is 0 Å². The third kappa shape index (κ3) is 4.79. The molecule has 0 bridgehead atoms. The second-order valence-corrected chi connectivity index (χ2v) is 4.34. The number of aliphatic carboxylic acids is 1. The highest BCUT2D eigenvalue weighted by Gasteiger charge is 2.02. The summed E-state index contributed by atoms with van der Waals surface area (Å²) < 4.78 is 0. The van der Waals surface area contributed by atoms with Gasteiger partial charge in [-0.3, -0.25) is 4.79 Å². The summed E-state index contributed by atoms with van der Waals surface area (Å²) in [4.78, 5) is 22.5. The van der Waals surface area contributed by atoms with Gasteiger partial charge in [-0.25, -0.2) is 4.79 Å². The Bertz CT molecular complexity index is 376. The van der Waals surface area contributed by atoms with Gasteiger partial charge >= 0.3 is 12.0 Å². The van der Waals surface area contributed by atoms with Gasteiger partial charge in [-0.1, -0.05) is 0 Å². The van der Waals surface area contributed by atoms with E-state index < -0.39 is 5.97 Å². The molecule has 0 spiro atoms. The zero-order chi connectivity index (χ0) is 12.0. The molecule has 0 aliphatic carbocycles. The Hall–Kier alpha value is -1.56. The summed E-state index contributed by atoms with van der Waals surface area (Å²) in [5, 5.41) is 15.5. The van der Waals surface area contributed by atoms with Gasteiger partial charge in [-0.2, -0.15) is 0 Å². The van der Waals surface area contributed by atoms with Crippen LogP contribution in [-0.2, 0) is 11.3 Å². The Balaban J connectivity index is 2.17. The maximum Gasteiger partial charge on any atom is 0.315 e. The van der Waals surface area contributed by atoms with Crippen LogP contribution in [0, 0.1) is 6.92 Å². The minimum Gasteiger partial charge on any atom is -0.481 e. The average Bonchev–Trinajstić information content (AvgIpc) is 2.61. The first kappa shape index (κ1) is 12.5. The summed E-state index contributed by atoms with van der Waals surface area (Å²) in [6.45, 7) is 2.61. The van der Waals surface area contributed by atoms with Crippen molar-refractivity contribution in [1.82, 2.24) is 10.6 Å². The van der Waals surface area contributed by atoms with Crippen molar-refractivity contribution in [2.24, 2.45) is 0 Å². The van der Waals surface area contributed by atoms with Crippen molar-refractivity contribution in [2.45, 2.75) is 19.9 Å². The molecule has 0 fully saturated rings. The Kier molecular flexibility index (Phi) is 4.78. The van der Waals surface area contributed by atoms with Crippen molar-refractivity contribution in [3.05, 3.63) is 21.9 Å². The number of nitrogens with one attached hydrogen (secondary N) is 2. The lowest BCUT2D eigenvalue weighted by atomic mass is 10.3. The molecule has 3 N–H and O–H groups in total. The topological polar surface area (TPSA) is 78.4 Å². The minimum atomic E-state index is -0.922. The molecule has 1 aromatic rings. The number of carbonyl (C=O) groups excluding carboxylic acids is 1. The third-order valence-corrected chi connectivity index (χ3v) is 2.89. The van der Waals surface area contributed by atoms with E-state index in [1.165, 1.54) is 5.56 Å². The van der Waals surface area contributed by atoms with Crippen molar-refractivity contribution in [3.63, 3.8) is 0 Å². The molecule has 0 atom stereocenters. The number of carboxylic acid groups (broad SMARTS) is 1. The van der Waals surface area contributed by atoms with Gasteiger partial charge in [0, 0.05) is 11.4 Å². The van der Waals surface area contributed by atoms with E-state index in [0.29, 0.717) is 6.54 Å². The number of amides is 2. The largest absolute Gasteiger partial charge is 0.481 e. The monoisotopic (exact) mass is 242 g/mol. The van der Waals surface area contributed by atoms with Crippen LogP contribution in [0.5, 0.6) is 0 Å². The van der Waals surface area contributed by atoms with Crippen molar-refractivity contribution in [1.29, 1.82) is 0 Å². The van der Waals surface area contributed by atoms with Gasteiger partial charge in [0.2, 0.25) is 0 Å². The summed E-state index contributed by atoms with van der Waals surface area (Å²) >= 11 is 1.58. The van der Waals surface area contributed by atoms with Gasteiger partial charge in [-0.15, -0.1) is 11.3 Å². The number of urea groups is 1. The fourth-order valence-electron chi connectivity index (χ4n) is 1.10. The van der Waals surface area contributed by atoms with E-state index in [9.17, 15) is 9.59 Å². The molecular weight excluding hydrogens is 228 g/mol. The van der Waals surface area contributed by atoms with Crippen LogP contribution in [-0.4, -0.2) is 23.7 Å². The molecule has 88 valence electrons. The van der Waals surface area contributed by atoms with Crippen LogP contribution in [0.25, 0.3) is 0 Å². The number of thiophene rings is 1. The highest BCUT2D eigenvalue weighted by Crippen LogP contribution is 2.12. The predicted molar refractivity (Wildman–Crippen MR) is 61.5 cm³/mol. The molecule has 1 heterocycles. The van der Waals surface area contributed by atoms with Gasteiger partial charge in [0.25, 0.3) is 0 Å². The second-order valence-electron chi connectivity index (χ2n) is 3.34. The number of hydrogen-bond donors (Lipinski definition) is 3. The van der Waals surface area contributed by atoms with Crippen LogP contribution in [0.2, 0.25) is 0 Å². The Labute approximate surface area is 97.5 Å². The van der Waals surface area contributed by atoms with E-state index in [4.69, 9.17) is 5.11 Å². The van der Waals surface area contributed by atoms with Crippen LogP contribution < -0.4 is 10.6 Å². The van der Waals surface area contributed by atoms with Crippen LogP contribution >= 0.6 is 11.3 Å². The lowest BCUT2D eigenvalue weighted by Gasteiger charge is -2.04. The maximum atomic E-state index is 11.2. The summed E-state index contributed by atoms with van der Waals surface area (Å²) in [5.74, 6) is -0.922. The molecule has 5 nitrogen and oxygen atoms in total. The fourth-order valence-corrected chi connectivity index (χ4v) is 1.91. The van der Waals surface area contributed by atoms with Crippen molar-refractivity contribution >= 4 is 23.3 Å². The molecule has 16 heavy (non-hydrogen) atoms. The van der Waals surface area contributed by atoms with Crippen LogP contribution in [0.4, 0.5) is 4.79 Å². The number of rotatable bonds is 5. The van der Waals surface area contributed by atoms with Gasteiger partial charge < -0.3 is 15.7 Å². The van der Waals surface area contributed by atoms with Crippen LogP contribution in [0.3, 0.4) is 0 Å². The first-order valence-corrected chi connectivity index (χ1v) is 5.73. The van der Waals surface area contributed by atoms with E-state index in [1.807, 2.05) is 18.4 Å². The molecule has 0 unspecified atom stereocenters. The summed E-state index contributed by atoms with van der Waals surface area (Å²) in [6.07, 6.45) is -0.0640. The molecule has 0 radical (unpaired) electrons. The molecule has 1 aromatic heterocycles. The molecule has 6 heteroatoms. The maximum absolute atomic E-state index is 11.2. The van der Waals surface area contributed by atoms with Crippen LogP contribution in [0.1, 0.15) is 16.9 Å².